The van der Waals surface area contributed by atoms with Gasteiger partial charge in [0.05, 0.1) is 13.2 Å². The molecule has 8 heteroatoms. The average molecular weight is 412 g/mol. The van der Waals surface area contributed by atoms with Crippen LogP contribution < -0.4 is 16.5 Å². The van der Waals surface area contributed by atoms with E-state index in [1.165, 1.54) is 11.0 Å². The minimum atomic E-state index is -1.03. The van der Waals surface area contributed by atoms with Gasteiger partial charge < -0.3 is 15.8 Å². The van der Waals surface area contributed by atoms with E-state index in [9.17, 15) is 9.59 Å². The first-order valence-corrected chi connectivity index (χ1v) is 9.98. The predicted molar refractivity (Wildman–Crippen MR) is 113 cm³/mol. The molecule has 30 heavy (non-hydrogen) atoms. The molecule has 3 rings (SSSR count). The van der Waals surface area contributed by atoms with E-state index in [0.29, 0.717) is 5.56 Å². The van der Waals surface area contributed by atoms with Gasteiger partial charge in [-0.15, -0.1) is 0 Å². The number of benzene rings is 2. The molecule has 0 unspecified atom stereocenters. The normalized spacial score (nSPS) is 16.5. The number of hydrogen-bond donors (Lipinski definition) is 4. The Morgan fingerprint density at radius 2 is 1.63 bits per heavy atom. The topological polar surface area (TPSA) is 117 Å². The maximum Gasteiger partial charge on any atom is 0.267 e. The molecule has 1 aliphatic rings. The standard InChI is InChI=1S/C22H28N4O4/c1-15(23)20(22(28)25-29)24-21(27)19-8-6-18(7-9-19)17-4-2-16(3-5-17)14-26-10-12-30-13-11-26/h2-9,15,20,29H,10-14,23H2,1H3,(H,24,27)(H,25,28)/t15-,20-/m0/s1. The first-order chi connectivity index (χ1) is 14.5. The molecule has 5 N–H and O–H groups in total. The Balaban J connectivity index is 1.63. The molecular weight excluding hydrogens is 384 g/mol. The van der Waals surface area contributed by atoms with Gasteiger partial charge in [0.25, 0.3) is 11.8 Å². The van der Waals surface area contributed by atoms with Crippen LogP contribution in [-0.4, -0.2) is 60.3 Å². The third-order valence-electron chi connectivity index (χ3n) is 5.15. The number of morpholine rings is 1. The van der Waals surface area contributed by atoms with Crippen LogP contribution in [0.3, 0.4) is 0 Å². The zero-order valence-corrected chi connectivity index (χ0v) is 17.0. The fraction of sp³-hybridized carbons (Fsp3) is 0.364. The molecule has 0 spiro atoms. The number of rotatable bonds is 7. The third kappa shape index (κ3) is 5.64. The highest BCUT2D eigenvalue weighted by atomic mass is 16.5. The van der Waals surface area contributed by atoms with Crippen LogP contribution >= 0.6 is 0 Å². The number of carbonyl (C=O) groups is 2. The highest BCUT2D eigenvalue weighted by Crippen LogP contribution is 2.21. The molecule has 2 amide bonds. The maximum absolute atomic E-state index is 12.4. The molecule has 2 atom stereocenters. The molecule has 0 aromatic heterocycles. The van der Waals surface area contributed by atoms with Gasteiger partial charge in [0, 0.05) is 31.2 Å². The van der Waals surface area contributed by atoms with Crippen molar-refractivity contribution in [2.45, 2.75) is 25.6 Å². The molecule has 2 aromatic rings. The lowest BCUT2D eigenvalue weighted by molar-refractivity contribution is -0.131. The summed E-state index contributed by atoms with van der Waals surface area (Å²) in [5.74, 6) is -1.19. The van der Waals surface area contributed by atoms with Gasteiger partial charge in [-0.1, -0.05) is 36.4 Å². The van der Waals surface area contributed by atoms with Crippen molar-refractivity contribution < 1.29 is 19.5 Å². The number of ether oxygens (including phenoxy) is 1. The minimum Gasteiger partial charge on any atom is -0.379 e. The molecule has 2 aromatic carbocycles. The SMILES string of the molecule is C[C@H](N)[C@H](NC(=O)c1ccc(-c2ccc(CN3CCOCC3)cc2)cc1)C(=O)NO. The van der Waals surface area contributed by atoms with E-state index >= 15 is 0 Å². The van der Waals surface area contributed by atoms with Crippen molar-refractivity contribution in [1.29, 1.82) is 0 Å². The molecular formula is C22H28N4O4. The van der Waals surface area contributed by atoms with Gasteiger partial charge in [0.1, 0.15) is 6.04 Å². The second-order valence-corrected chi connectivity index (χ2v) is 7.45. The number of hydrogen-bond acceptors (Lipinski definition) is 6. The highest BCUT2D eigenvalue weighted by molar-refractivity contribution is 5.98. The Morgan fingerprint density at radius 3 is 2.17 bits per heavy atom. The van der Waals surface area contributed by atoms with E-state index in [2.05, 4.69) is 34.5 Å². The lowest BCUT2D eigenvalue weighted by atomic mass is 10.0. The Hall–Kier alpha value is -2.78. The van der Waals surface area contributed by atoms with Crippen LogP contribution in [-0.2, 0) is 16.1 Å². The van der Waals surface area contributed by atoms with E-state index in [1.807, 2.05) is 12.1 Å². The summed E-state index contributed by atoms with van der Waals surface area (Å²) in [7, 11) is 0. The van der Waals surface area contributed by atoms with Crippen molar-refractivity contribution in [3.63, 3.8) is 0 Å². The van der Waals surface area contributed by atoms with Crippen molar-refractivity contribution in [1.82, 2.24) is 15.7 Å². The predicted octanol–water partition coefficient (Wildman–Crippen LogP) is 1.14. The smallest absolute Gasteiger partial charge is 0.267 e. The quantitative estimate of drug-likeness (QED) is 0.400. The summed E-state index contributed by atoms with van der Waals surface area (Å²) < 4.78 is 5.38. The zero-order chi connectivity index (χ0) is 21.5. The molecule has 8 nitrogen and oxygen atoms in total. The summed E-state index contributed by atoms with van der Waals surface area (Å²) in [5.41, 5.74) is 10.9. The summed E-state index contributed by atoms with van der Waals surface area (Å²) in [5, 5.41) is 11.3. The number of carbonyl (C=O) groups excluding carboxylic acids is 2. The largest absolute Gasteiger partial charge is 0.379 e. The summed E-state index contributed by atoms with van der Waals surface area (Å²) in [6.45, 7) is 5.96. The lowest BCUT2D eigenvalue weighted by Gasteiger charge is -2.26. The van der Waals surface area contributed by atoms with Gasteiger partial charge in [-0.25, -0.2) is 5.48 Å². The van der Waals surface area contributed by atoms with Gasteiger partial charge in [-0.2, -0.15) is 0 Å². The molecule has 1 aliphatic heterocycles. The first kappa shape index (κ1) is 21.9. The van der Waals surface area contributed by atoms with Gasteiger partial charge in [0.15, 0.2) is 0 Å². The monoisotopic (exact) mass is 412 g/mol. The van der Waals surface area contributed by atoms with E-state index in [-0.39, 0.29) is 0 Å². The van der Waals surface area contributed by atoms with Crippen LogP contribution in [0.2, 0.25) is 0 Å². The summed E-state index contributed by atoms with van der Waals surface area (Å²) >= 11 is 0. The van der Waals surface area contributed by atoms with Gasteiger partial charge >= 0.3 is 0 Å². The Labute approximate surface area is 176 Å². The van der Waals surface area contributed by atoms with Crippen LogP contribution in [0, 0.1) is 0 Å². The van der Waals surface area contributed by atoms with Crippen LogP contribution in [0.4, 0.5) is 0 Å². The van der Waals surface area contributed by atoms with Crippen molar-refractivity contribution in [3.05, 3.63) is 59.7 Å². The van der Waals surface area contributed by atoms with Crippen LogP contribution in [0.15, 0.2) is 48.5 Å². The van der Waals surface area contributed by atoms with Crippen molar-refractivity contribution >= 4 is 11.8 Å². The highest BCUT2D eigenvalue weighted by Gasteiger charge is 2.24. The second kappa shape index (κ2) is 10.3. The number of amides is 2. The maximum atomic E-state index is 12.4. The van der Waals surface area contributed by atoms with Gasteiger partial charge in [0.2, 0.25) is 0 Å². The van der Waals surface area contributed by atoms with E-state index in [4.69, 9.17) is 15.7 Å². The number of nitrogens with zero attached hydrogens (tertiary/aromatic N) is 1. The number of hydroxylamine groups is 1. The van der Waals surface area contributed by atoms with Gasteiger partial charge in [-0.05, 0) is 35.7 Å². The van der Waals surface area contributed by atoms with Crippen molar-refractivity contribution in [2.24, 2.45) is 5.73 Å². The third-order valence-corrected chi connectivity index (χ3v) is 5.15. The van der Waals surface area contributed by atoms with E-state index in [0.717, 1.165) is 44.0 Å². The molecule has 1 heterocycles. The van der Waals surface area contributed by atoms with Crippen molar-refractivity contribution in [2.75, 3.05) is 26.3 Å². The second-order valence-electron chi connectivity index (χ2n) is 7.45. The number of nitrogens with one attached hydrogen (secondary N) is 2. The number of nitrogens with two attached hydrogens (primary N) is 1. The van der Waals surface area contributed by atoms with Crippen molar-refractivity contribution in [3.8, 4) is 11.1 Å². The van der Waals surface area contributed by atoms with Crippen LogP contribution in [0.5, 0.6) is 0 Å². The minimum absolute atomic E-state index is 0.402. The molecule has 0 radical (unpaired) electrons. The zero-order valence-electron chi connectivity index (χ0n) is 17.0. The summed E-state index contributed by atoms with van der Waals surface area (Å²) in [4.78, 5) is 26.4. The summed E-state index contributed by atoms with van der Waals surface area (Å²) in [6.07, 6.45) is 0. The molecule has 1 fully saturated rings. The molecule has 1 saturated heterocycles. The molecule has 0 bridgehead atoms. The van der Waals surface area contributed by atoms with E-state index in [1.54, 1.807) is 19.1 Å². The van der Waals surface area contributed by atoms with Crippen LogP contribution in [0.25, 0.3) is 11.1 Å². The van der Waals surface area contributed by atoms with Gasteiger partial charge in [-0.3, -0.25) is 19.7 Å². The molecule has 0 saturated carbocycles. The summed E-state index contributed by atoms with van der Waals surface area (Å²) in [6, 6.07) is 13.8. The molecule has 0 aliphatic carbocycles. The fourth-order valence-electron chi connectivity index (χ4n) is 3.36. The Kier molecular flexibility index (Phi) is 7.53. The lowest BCUT2D eigenvalue weighted by Crippen LogP contribution is -2.54. The fourth-order valence-corrected chi connectivity index (χ4v) is 3.36. The first-order valence-electron chi connectivity index (χ1n) is 9.98. The molecule has 160 valence electrons. The van der Waals surface area contributed by atoms with E-state index < -0.39 is 23.9 Å². The Bertz CT molecular complexity index is 846. The van der Waals surface area contributed by atoms with Crippen LogP contribution in [0.1, 0.15) is 22.8 Å². The average Bonchev–Trinajstić information content (AvgIpc) is 2.78. The Morgan fingerprint density at radius 1 is 1.07 bits per heavy atom.